The average molecular weight is 385 g/mol. The first kappa shape index (κ1) is 19.7. The Hall–Kier alpha value is -1.60. The molecule has 1 amide bonds. The van der Waals surface area contributed by atoms with Crippen molar-refractivity contribution in [2.45, 2.75) is 29.0 Å². The van der Waals surface area contributed by atoms with E-state index in [2.05, 4.69) is 5.32 Å². The molecular formula is C18H18F3NOS2. The van der Waals surface area contributed by atoms with Crippen molar-refractivity contribution in [2.75, 3.05) is 11.6 Å². The molecule has 1 N–H and O–H groups in total. The third kappa shape index (κ3) is 5.71. The Kier molecular flexibility index (Phi) is 6.84. The van der Waals surface area contributed by atoms with Crippen LogP contribution in [0.2, 0.25) is 0 Å². The van der Waals surface area contributed by atoms with E-state index >= 15 is 0 Å². The quantitative estimate of drug-likeness (QED) is 0.648. The highest BCUT2D eigenvalue weighted by molar-refractivity contribution is 7.99. The zero-order chi connectivity index (χ0) is 18.4. The molecule has 2 aromatic rings. The average Bonchev–Trinajstić information content (AvgIpc) is 2.59. The number of carbonyl (C=O) groups excluding carboxylic acids is 1. The summed E-state index contributed by atoms with van der Waals surface area (Å²) in [4.78, 5) is 13.4. The third-order valence-electron chi connectivity index (χ3n) is 3.52. The Bertz CT molecular complexity index is 717. The first-order valence-corrected chi connectivity index (χ1v) is 9.80. The van der Waals surface area contributed by atoms with E-state index in [4.69, 9.17) is 0 Å². The topological polar surface area (TPSA) is 29.1 Å². The summed E-state index contributed by atoms with van der Waals surface area (Å²) in [6.07, 6.45) is -2.51. The minimum Gasteiger partial charge on any atom is -0.325 e. The molecule has 2 nitrogen and oxygen atoms in total. The van der Waals surface area contributed by atoms with Gasteiger partial charge in [0.25, 0.3) is 0 Å². The van der Waals surface area contributed by atoms with Crippen LogP contribution >= 0.6 is 23.5 Å². The number of para-hydroxylation sites is 1. The van der Waals surface area contributed by atoms with Gasteiger partial charge in [-0.25, -0.2) is 0 Å². The third-order valence-corrected chi connectivity index (χ3v) is 5.48. The van der Waals surface area contributed by atoms with Crippen molar-refractivity contribution in [1.29, 1.82) is 0 Å². The van der Waals surface area contributed by atoms with Crippen molar-refractivity contribution in [2.24, 2.45) is 0 Å². The van der Waals surface area contributed by atoms with Gasteiger partial charge in [0.15, 0.2) is 0 Å². The van der Waals surface area contributed by atoms with Gasteiger partial charge in [-0.05, 0) is 43.0 Å². The van der Waals surface area contributed by atoms with Gasteiger partial charge in [0.2, 0.25) is 5.91 Å². The molecule has 2 aromatic carbocycles. The molecule has 0 bridgehead atoms. The molecule has 7 heteroatoms. The number of benzene rings is 2. The molecular weight excluding hydrogens is 367 g/mol. The summed E-state index contributed by atoms with van der Waals surface area (Å²) in [5, 5.41) is 1.92. The Labute approximate surface area is 153 Å². The summed E-state index contributed by atoms with van der Waals surface area (Å²) >= 11 is 3.03. The summed E-state index contributed by atoms with van der Waals surface area (Å²) in [7, 11) is 0. The highest BCUT2D eigenvalue weighted by atomic mass is 32.2. The molecule has 0 saturated carbocycles. The van der Waals surface area contributed by atoms with Gasteiger partial charge < -0.3 is 5.32 Å². The molecule has 0 fully saturated rings. The molecule has 0 heterocycles. The van der Waals surface area contributed by atoms with Crippen LogP contribution in [0.1, 0.15) is 18.1 Å². The second-order valence-corrected chi connectivity index (χ2v) is 7.54. The molecule has 0 spiro atoms. The summed E-state index contributed by atoms with van der Waals surface area (Å²) in [5.41, 5.74) is 0.0168. The number of halogens is 3. The zero-order valence-electron chi connectivity index (χ0n) is 13.8. The highest BCUT2D eigenvalue weighted by Crippen LogP contribution is 2.34. The molecule has 1 atom stereocenters. The van der Waals surface area contributed by atoms with E-state index in [1.807, 2.05) is 30.5 Å². The van der Waals surface area contributed by atoms with Gasteiger partial charge >= 0.3 is 6.18 Å². The maximum absolute atomic E-state index is 13.0. The number of rotatable bonds is 6. The Morgan fingerprint density at radius 3 is 2.36 bits per heavy atom. The molecule has 1 unspecified atom stereocenters. The highest BCUT2D eigenvalue weighted by Gasteiger charge is 2.33. The number of hydrogen-bond donors (Lipinski definition) is 1. The van der Waals surface area contributed by atoms with Crippen LogP contribution in [0.4, 0.5) is 18.9 Å². The first-order chi connectivity index (χ1) is 11.8. The van der Waals surface area contributed by atoms with E-state index in [1.165, 1.54) is 30.0 Å². The Balaban J connectivity index is 1.96. The van der Waals surface area contributed by atoms with E-state index in [-0.39, 0.29) is 5.69 Å². The van der Waals surface area contributed by atoms with E-state index in [0.29, 0.717) is 5.75 Å². The Morgan fingerprint density at radius 2 is 1.76 bits per heavy atom. The number of anilines is 1. The molecule has 134 valence electrons. The van der Waals surface area contributed by atoms with Crippen molar-refractivity contribution in [3.63, 3.8) is 0 Å². The molecule has 0 saturated heterocycles. The summed E-state index contributed by atoms with van der Waals surface area (Å²) in [5.74, 6) is 0.173. The van der Waals surface area contributed by atoms with Crippen LogP contribution in [0.15, 0.2) is 53.4 Å². The molecule has 0 aliphatic rings. The van der Waals surface area contributed by atoms with Crippen LogP contribution in [0.25, 0.3) is 0 Å². The molecule has 0 aliphatic heterocycles. The van der Waals surface area contributed by atoms with Gasteiger partial charge in [-0.1, -0.05) is 24.3 Å². The standard InChI is InChI=1S/C18H18F3NOS2/c1-12(25-11-13-7-9-14(24-2)10-8-13)17(23)22-16-6-4-3-5-15(16)18(19,20)21/h3-10,12H,11H2,1-2H3,(H,22,23). The summed E-state index contributed by atoms with van der Waals surface area (Å²) in [6, 6.07) is 13.0. The van der Waals surface area contributed by atoms with Gasteiger partial charge in [-0.15, -0.1) is 23.5 Å². The number of carbonyl (C=O) groups is 1. The van der Waals surface area contributed by atoms with Crippen LogP contribution < -0.4 is 5.32 Å². The SMILES string of the molecule is CSc1ccc(CSC(C)C(=O)Nc2ccccc2C(F)(F)F)cc1. The maximum atomic E-state index is 13.0. The fourth-order valence-corrected chi connectivity index (χ4v) is 3.35. The molecule has 0 aromatic heterocycles. The van der Waals surface area contributed by atoms with Crippen molar-refractivity contribution in [3.8, 4) is 0 Å². The second kappa shape index (κ2) is 8.67. The normalized spacial score (nSPS) is 12.7. The van der Waals surface area contributed by atoms with Crippen molar-refractivity contribution >= 4 is 35.1 Å². The predicted molar refractivity (Wildman–Crippen MR) is 99.1 cm³/mol. The number of thioether (sulfide) groups is 2. The van der Waals surface area contributed by atoms with Crippen LogP contribution in [-0.4, -0.2) is 17.4 Å². The van der Waals surface area contributed by atoms with Crippen LogP contribution in [0, 0.1) is 0 Å². The smallest absolute Gasteiger partial charge is 0.325 e. The summed E-state index contributed by atoms with van der Waals surface area (Å²) in [6.45, 7) is 1.69. The lowest BCUT2D eigenvalue weighted by atomic mass is 10.1. The second-order valence-electron chi connectivity index (χ2n) is 5.33. The number of nitrogens with one attached hydrogen (secondary N) is 1. The van der Waals surface area contributed by atoms with E-state index in [9.17, 15) is 18.0 Å². The van der Waals surface area contributed by atoms with Gasteiger partial charge in [0, 0.05) is 10.6 Å². The minimum absolute atomic E-state index is 0.211. The van der Waals surface area contributed by atoms with Crippen molar-refractivity contribution in [1.82, 2.24) is 0 Å². The molecule has 0 aliphatic carbocycles. The fraction of sp³-hybridized carbons (Fsp3) is 0.278. The van der Waals surface area contributed by atoms with Gasteiger partial charge in [0.1, 0.15) is 0 Å². The van der Waals surface area contributed by atoms with Crippen LogP contribution in [0.3, 0.4) is 0 Å². The zero-order valence-corrected chi connectivity index (χ0v) is 15.4. The maximum Gasteiger partial charge on any atom is 0.418 e. The fourth-order valence-electron chi connectivity index (χ4n) is 2.09. The lowest BCUT2D eigenvalue weighted by Crippen LogP contribution is -2.24. The van der Waals surface area contributed by atoms with E-state index in [1.54, 1.807) is 18.7 Å². The lowest BCUT2D eigenvalue weighted by Gasteiger charge is -2.16. The predicted octanol–water partition coefficient (Wildman–Crippen LogP) is 5.69. The van der Waals surface area contributed by atoms with E-state index < -0.39 is 22.9 Å². The van der Waals surface area contributed by atoms with Crippen molar-refractivity contribution < 1.29 is 18.0 Å². The molecule has 0 radical (unpaired) electrons. The van der Waals surface area contributed by atoms with Gasteiger partial charge in [-0.2, -0.15) is 13.2 Å². The first-order valence-electron chi connectivity index (χ1n) is 7.53. The van der Waals surface area contributed by atoms with Gasteiger partial charge in [0.05, 0.1) is 16.5 Å². The van der Waals surface area contributed by atoms with E-state index in [0.717, 1.165) is 16.5 Å². The molecule has 25 heavy (non-hydrogen) atoms. The minimum atomic E-state index is -4.50. The largest absolute Gasteiger partial charge is 0.418 e. The Morgan fingerprint density at radius 1 is 1.12 bits per heavy atom. The number of alkyl halides is 3. The van der Waals surface area contributed by atoms with Crippen molar-refractivity contribution in [3.05, 3.63) is 59.7 Å². The number of hydrogen-bond acceptors (Lipinski definition) is 3. The van der Waals surface area contributed by atoms with Gasteiger partial charge in [-0.3, -0.25) is 4.79 Å². The number of amides is 1. The molecule has 2 rings (SSSR count). The van der Waals surface area contributed by atoms with Crippen LogP contribution in [-0.2, 0) is 16.7 Å². The summed E-state index contributed by atoms with van der Waals surface area (Å²) < 4.78 is 38.9. The lowest BCUT2D eigenvalue weighted by molar-refractivity contribution is -0.137. The van der Waals surface area contributed by atoms with Crippen LogP contribution in [0.5, 0.6) is 0 Å². The monoisotopic (exact) mass is 385 g/mol.